The maximum absolute atomic E-state index is 12.6. The van der Waals surface area contributed by atoms with Crippen molar-refractivity contribution in [1.29, 1.82) is 0 Å². The molecular formula is C25H35N7O2. The van der Waals surface area contributed by atoms with Gasteiger partial charge in [0, 0.05) is 71.2 Å². The molecule has 9 heteroatoms. The van der Waals surface area contributed by atoms with Crippen LogP contribution in [0.25, 0.3) is 0 Å². The van der Waals surface area contributed by atoms with E-state index >= 15 is 0 Å². The first kappa shape index (κ1) is 22.9. The number of aryl methyl sites for hydroxylation is 1. The number of carbonyl (C=O) groups is 1. The molecule has 1 atom stereocenters. The number of piperazine rings is 2. The molecule has 3 saturated heterocycles. The number of carbonyl (C=O) groups excluding carboxylic acids is 1. The summed E-state index contributed by atoms with van der Waals surface area (Å²) in [7, 11) is 0. The van der Waals surface area contributed by atoms with Gasteiger partial charge in [-0.1, -0.05) is 12.1 Å². The Kier molecular flexibility index (Phi) is 7.10. The number of nitrogens with zero attached hydrogens (tertiary/aromatic N) is 6. The third-order valence-electron chi connectivity index (χ3n) is 6.98. The van der Waals surface area contributed by atoms with Gasteiger partial charge in [0.2, 0.25) is 0 Å². The van der Waals surface area contributed by atoms with Crippen molar-refractivity contribution in [3.8, 4) is 0 Å². The molecule has 0 saturated carbocycles. The lowest BCUT2D eigenvalue weighted by atomic mass is 10.2. The van der Waals surface area contributed by atoms with E-state index in [4.69, 9.17) is 4.74 Å². The van der Waals surface area contributed by atoms with E-state index in [0.717, 1.165) is 75.3 Å². The van der Waals surface area contributed by atoms with Gasteiger partial charge in [-0.3, -0.25) is 4.90 Å². The summed E-state index contributed by atoms with van der Waals surface area (Å²) >= 11 is 0. The smallest absolute Gasteiger partial charge is 0.321 e. The number of ether oxygens (including phenoxy) is 1. The zero-order valence-corrected chi connectivity index (χ0v) is 20.0. The van der Waals surface area contributed by atoms with Crippen LogP contribution in [-0.2, 0) is 4.74 Å². The topological polar surface area (TPSA) is 77.1 Å². The molecule has 4 heterocycles. The van der Waals surface area contributed by atoms with Crippen LogP contribution < -0.4 is 15.1 Å². The summed E-state index contributed by atoms with van der Waals surface area (Å²) in [6.45, 7) is 10.8. The molecular weight excluding hydrogens is 430 g/mol. The number of nitrogens with one attached hydrogen (secondary N) is 1. The van der Waals surface area contributed by atoms with Gasteiger partial charge < -0.3 is 24.8 Å². The SMILES string of the molecule is Cc1cccc(NC(=O)N2CCN(c3ccc(N4CCN(CC5CCCO5)CC4)nn3)CC2)c1. The Morgan fingerprint density at radius 2 is 1.65 bits per heavy atom. The van der Waals surface area contributed by atoms with E-state index in [1.807, 2.05) is 36.1 Å². The fraction of sp³-hybridized carbons (Fsp3) is 0.560. The van der Waals surface area contributed by atoms with Gasteiger partial charge in [0.05, 0.1) is 6.10 Å². The molecule has 1 aromatic carbocycles. The molecule has 2 amide bonds. The van der Waals surface area contributed by atoms with Crippen molar-refractivity contribution >= 4 is 23.4 Å². The molecule has 0 aliphatic carbocycles. The molecule has 1 N–H and O–H groups in total. The van der Waals surface area contributed by atoms with E-state index in [2.05, 4.69) is 42.3 Å². The molecule has 9 nitrogen and oxygen atoms in total. The summed E-state index contributed by atoms with van der Waals surface area (Å²) in [5.74, 6) is 1.82. The minimum atomic E-state index is -0.0506. The maximum Gasteiger partial charge on any atom is 0.321 e. The predicted molar refractivity (Wildman–Crippen MR) is 134 cm³/mol. The summed E-state index contributed by atoms with van der Waals surface area (Å²) in [6.07, 6.45) is 2.81. The highest BCUT2D eigenvalue weighted by molar-refractivity contribution is 5.89. The van der Waals surface area contributed by atoms with Crippen LogP contribution in [0.5, 0.6) is 0 Å². The average Bonchev–Trinajstić information content (AvgIpc) is 3.38. The van der Waals surface area contributed by atoms with Crippen LogP contribution >= 0.6 is 0 Å². The van der Waals surface area contributed by atoms with Crippen molar-refractivity contribution < 1.29 is 9.53 Å². The number of anilines is 3. The van der Waals surface area contributed by atoms with Crippen LogP contribution in [0.15, 0.2) is 36.4 Å². The van der Waals surface area contributed by atoms with E-state index in [9.17, 15) is 4.79 Å². The van der Waals surface area contributed by atoms with E-state index in [-0.39, 0.29) is 6.03 Å². The summed E-state index contributed by atoms with van der Waals surface area (Å²) < 4.78 is 5.78. The van der Waals surface area contributed by atoms with Gasteiger partial charge in [-0.05, 0) is 49.6 Å². The molecule has 0 radical (unpaired) electrons. The number of hydrogen-bond acceptors (Lipinski definition) is 7. The summed E-state index contributed by atoms with van der Waals surface area (Å²) in [4.78, 5) is 21.5. The quantitative estimate of drug-likeness (QED) is 0.727. The monoisotopic (exact) mass is 465 g/mol. The van der Waals surface area contributed by atoms with Crippen LogP contribution in [0.1, 0.15) is 18.4 Å². The van der Waals surface area contributed by atoms with Crippen molar-refractivity contribution in [2.24, 2.45) is 0 Å². The molecule has 34 heavy (non-hydrogen) atoms. The number of hydrogen-bond donors (Lipinski definition) is 1. The van der Waals surface area contributed by atoms with E-state index in [1.165, 1.54) is 12.8 Å². The second-order valence-corrected chi connectivity index (χ2v) is 9.45. The Labute approximate surface area is 201 Å². The van der Waals surface area contributed by atoms with Gasteiger partial charge >= 0.3 is 6.03 Å². The van der Waals surface area contributed by atoms with E-state index < -0.39 is 0 Å². The summed E-state index contributed by atoms with van der Waals surface area (Å²) in [5.41, 5.74) is 1.96. The average molecular weight is 466 g/mol. The zero-order chi connectivity index (χ0) is 23.3. The van der Waals surface area contributed by atoms with Crippen LogP contribution in [-0.4, -0.2) is 97.6 Å². The first-order valence-corrected chi connectivity index (χ1v) is 12.4. The minimum absolute atomic E-state index is 0.0506. The third kappa shape index (κ3) is 5.59. The second kappa shape index (κ2) is 10.6. The van der Waals surface area contributed by atoms with Crippen LogP contribution in [0.2, 0.25) is 0 Å². The van der Waals surface area contributed by atoms with Crippen molar-refractivity contribution in [2.45, 2.75) is 25.9 Å². The first-order valence-electron chi connectivity index (χ1n) is 12.4. The van der Waals surface area contributed by atoms with E-state index in [1.54, 1.807) is 0 Å². The predicted octanol–water partition coefficient (Wildman–Crippen LogP) is 2.44. The Morgan fingerprint density at radius 3 is 2.24 bits per heavy atom. The van der Waals surface area contributed by atoms with Crippen molar-refractivity contribution in [3.63, 3.8) is 0 Å². The second-order valence-electron chi connectivity index (χ2n) is 9.45. The van der Waals surface area contributed by atoms with Gasteiger partial charge in [-0.2, -0.15) is 0 Å². The Bertz CT molecular complexity index is 948. The molecule has 3 aliphatic heterocycles. The number of urea groups is 1. The lowest BCUT2D eigenvalue weighted by Gasteiger charge is -2.37. The van der Waals surface area contributed by atoms with Crippen molar-refractivity contribution in [3.05, 3.63) is 42.0 Å². The first-order chi connectivity index (χ1) is 16.6. The van der Waals surface area contributed by atoms with Gasteiger partial charge in [-0.25, -0.2) is 4.79 Å². The normalized spacial score (nSPS) is 21.7. The highest BCUT2D eigenvalue weighted by atomic mass is 16.5. The molecule has 0 bridgehead atoms. The number of benzene rings is 1. The molecule has 0 spiro atoms. The van der Waals surface area contributed by atoms with Gasteiger partial charge in [0.15, 0.2) is 11.6 Å². The summed E-state index contributed by atoms with van der Waals surface area (Å²) in [6, 6.07) is 12.0. The fourth-order valence-corrected chi connectivity index (χ4v) is 4.96. The van der Waals surface area contributed by atoms with Crippen LogP contribution in [0.3, 0.4) is 0 Å². The molecule has 3 fully saturated rings. The molecule has 5 rings (SSSR count). The molecule has 1 unspecified atom stereocenters. The highest BCUT2D eigenvalue weighted by Gasteiger charge is 2.25. The van der Waals surface area contributed by atoms with Crippen molar-refractivity contribution in [1.82, 2.24) is 20.0 Å². The lowest BCUT2D eigenvalue weighted by molar-refractivity contribution is 0.0712. The standard InChI is InChI=1S/C25H35N7O2/c1-20-4-2-5-21(18-20)26-25(33)32-15-13-31(14-16-32)24-8-7-23(27-28-24)30-11-9-29(10-12-30)19-22-6-3-17-34-22/h2,4-5,7-8,18,22H,3,6,9-17,19H2,1H3,(H,26,33). The highest BCUT2D eigenvalue weighted by Crippen LogP contribution is 2.20. The van der Waals surface area contributed by atoms with Crippen molar-refractivity contribution in [2.75, 3.05) is 80.6 Å². The van der Waals surface area contributed by atoms with Gasteiger partial charge in [-0.15, -0.1) is 10.2 Å². The third-order valence-corrected chi connectivity index (χ3v) is 6.98. The molecule has 2 aromatic rings. The lowest BCUT2D eigenvalue weighted by Crippen LogP contribution is -2.50. The molecule has 3 aliphatic rings. The largest absolute Gasteiger partial charge is 0.377 e. The zero-order valence-electron chi connectivity index (χ0n) is 20.0. The Hall–Kier alpha value is -2.91. The maximum atomic E-state index is 12.6. The number of rotatable bonds is 5. The Balaban J connectivity index is 1.08. The fourth-order valence-electron chi connectivity index (χ4n) is 4.96. The van der Waals surface area contributed by atoms with Gasteiger partial charge in [0.1, 0.15) is 0 Å². The van der Waals surface area contributed by atoms with Gasteiger partial charge in [0.25, 0.3) is 0 Å². The molecule has 182 valence electrons. The number of amides is 2. The van der Waals surface area contributed by atoms with Crippen LogP contribution in [0.4, 0.5) is 22.1 Å². The summed E-state index contributed by atoms with van der Waals surface area (Å²) in [5, 5.41) is 12.0. The van der Waals surface area contributed by atoms with Crippen LogP contribution in [0, 0.1) is 6.92 Å². The number of aromatic nitrogens is 2. The minimum Gasteiger partial charge on any atom is -0.377 e. The van der Waals surface area contributed by atoms with E-state index in [0.29, 0.717) is 19.2 Å². The molecule has 1 aromatic heterocycles. The Morgan fingerprint density at radius 1 is 0.971 bits per heavy atom.